The lowest BCUT2D eigenvalue weighted by Crippen LogP contribution is -2.26. The summed E-state index contributed by atoms with van der Waals surface area (Å²) in [7, 11) is 0. The van der Waals surface area contributed by atoms with Crippen LogP contribution in [0.1, 0.15) is 30.9 Å². The minimum absolute atomic E-state index is 0. The van der Waals surface area contributed by atoms with E-state index in [0.29, 0.717) is 6.04 Å². The summed E-state index contributed by atoms with van der Waals surface area (Å²) in [5.41, 5.74) is 1.41. The quantitative estimate of drug-likeness (QED) is 0.825. The molecule has 1 aromatic carbocycles. The van der Waals surface area contributed by atoms with Gasteiger partial charge in [0.2, 0.25) is 0 Å². The molecule has 0 radical (unpaired) electrons. The van der Waals surface area contributed by atoms with Crippen LogP contribution in [0.15, 0.2) is 28.7 Å². The van der Waals surface area contributed by atoms with Gasteiger partial charge in [-0.25, -0.2) is 0 Å². The zero-order chi connectivity index (χ0) is 9.10. The van der Waals surface area contributed by atoms with Crippen LogP contribution in [0, 0.1) is 0 Å². The van der Waals surface area contributed by atoms with E-state index in [2.05, 4.69) is 45.5 Å². The van der Waals surface area contributed by atoms with Crippen molar-refractivity contribution in [2.24, 2.45) is 0 Å². The molecule has 0 bridgehead atoms. The van der Waals surface area contributed by atoms with Crippen LogP contribution >= 0.6 is 28.3 Å². The number of benzene rings is 1. The van der Waals surface area contributed by atoms with Gasteiger partial charge in [0.05, 0.1) is 0 Å². The summed E-state index contributed by atoms with van der Waals surface area (Å²) in [5, 5.41) is 3.54. The Bertz CT molecular complexity index is 284. The third-order valence-electron chi connectivity index (χ3n) is 2.56. The molecular formula is C11H15BrClN. The lowest BCUT2D eigenvalue weighted by Gasteiger charge is -2.23. The molecule has 1 aliphatic heterocycles. The number of piperidine rings is 1. The van der Waals surface area contributed by atoms with Gasteiger partial charge >= 0.3 is 0 Å². The van der Waals surface area contributed by atoms with Crippen molar-refractivity contribution in [3.05, 3.63) is 34.3 Å². The lowest BCUT2D eigenvalue weighted by atomic mass is 9.98. The Morgan fingerprint density at radius 1 is 1.29 bits per heavy atom. The monoisotopic (exact) mass is 275 g/mol. The van der Waals surface area contributed by atoms with Crippen LogP contribution in [-0.2, 0) is 0 Å². The van der Waals surface area contributed by atoms with Gasteiger partial charge in [0, 0.05) is 10.5 Å². The van der Waals surface area contributed by atoms with E-state index in [0.717, 1.165) is 6.54 Å². The first kappa shape index (κ1) is 12.0. The number of hydrogen-bond acceptors (Lipinski definition) is 1. The average molecular weight is 277 g/mol. The van der Waals surface area contributed by atoms with Gasteiger partial charge < -0.3 is 5.32 Å². The highest BCUT2D eigenvalue weighted by molar-refractivity contribution is 9.10. The molecule has 1 saturated heterocycles. The van der Waals surface area contributed by atoms with Crippen LogP contribution in [0.2, 0.25) is 0 Å². The second kappa shape index (κ2) is 5.74. The summed E-state index contributed by atoms with van der Waals surface area (Å²) in [5.74, 6) is 0. The maximum Gasteiger partial charge on any atom is 0.0320 e. The van der Waals surface area contributed by atoms with Gasteiger partial charge in [-0.3, -0.25) is 0 Å². The highest BCUT2D eigenvalue weighted by atomic mass is 79.9. The van der Waals surface area contributed by atoms with E-state index in [9.17, 15) is 0 Å². The molecular weight excluding hydrogens is 261 g/mol. The van der Waals surface area contributed by atoms with Gasteiger partial charge in [-0.05, 0) is 37.1 Å². The summed E-state index contributed by atoms with van der Waals surface area (Å²) < 4.78 is 1.18. The first-order chi connectivity index (χ1) is 6.36. The maximum atomic E-state index is 3.54. The van der Waals surface area contributed by atoms with Crippen molar-refractivity contribution >= 4 is 28.3 Å². The smallest absolute Gasteiger partial charge is 0.0320 e. The van der Waals surface area contributed by atoms with Crippen LogP contribution < -0.4 is 5.32 Å². The fourth-order valence-corrected chi connectivity index (χ4v) is 2.28. The van der Waals surface area contributed by atoms with Crippen LogP contribution in [0.5, 0.6) is 0 Å². The van der Waals surface area contributed by atoms with E-state index in [-0.39, 0.29) is 12.4 Å². The summed E-state index contributed by atoms with van der Waals surface area (Å²) >= 11 is 3.50. The van der Waals surface area contributed by atoms with Crippen molar-refractivity contribution in [3.8, 4) is 0 Å². The predicted octanol–water partition coefficient (Wildman–Crippen LogP) is 3.69. The van der Waals surface area contributed by atoms with Gasteiger partial charge in [-0.2, -0.15) is 0 Å². The zero-order valence-corrected chi connectivity index (χ0v) is 10.4. The van der Waals surface area contributed by atoms with E-state index in [1.165, 1.54) is 29.3 Å². The Kier molecular flexibility index (Phi) is 4.93. The minimum atomic E-state index is 0. The molecule has 0 aromatic heterocycles. The topological polar surface area (TPSA) is 12.0 Å². The van der Waals surface area contributed by atoms with E-state index in [4.69, 9.17) is 0 Å². The van der Waals surface area contributed by atoms with E-state index >= 15 is 0 Å². The number of nitrogens with one attached hydrogen (secondary N) is 1. The molecule has 1 heterocycles. The largest absolute Gasteiger partial charge is 0.310 e. The lowest BCUT2D eigenvalue weighted by molar-refractivity contribution is 0.412. The molecule has 3 heteroatoms. The fourth-order valence-electron chi connectivity index (χ4n) is 1.86. The molecule has 0 saturated carbocycles. The van der Waals surface area contributed by atoms with Crippen molar-refractivity contribution in [2.45, 2.75) is 25.3 Å². The van der Waals surface area contributed by atoms with Gasteiger partial charge in [-0.1, -0.05) is 34.5 Å². The Morgan fingerprint density at radius 3 is 2.79 bits per heavy atom. The molecule has 0 spiro atoms. The normalized spacial score (nSPS) is 21.4. The summed E-state index contributed by atoms with van der Waals surface area (Å²) in [6.07, 6.45) is 3.95. The van der Waals surface area contributed by atoms with Crippen molar-refractivity contribution in [1.29, 1.82) is 0 Å². The second-order valence-corrected chi connectivity index (χ2v) is 4.47. The number of hydrogen-bond donors (Lipinski definition) is 1. The van der Waals surface area contributed by atoms with Crippen LogP contribution in [0.25, 0.3) is 0 Å². The molecule has 14 heavy (non-hydrogen) atoms. The fraction of sp³-hybridized carbons (Fsp3) is 0.455. The van der Waals surface area contributed by atoms with Crippen LogP contribution in [0.3, 0.4) is 0 Å². The second-order valence-electron chi connectivity index (χ2n) is 3.56. The molecule has 1 N–H and O–H groups in total. The Hall–Kier alpha value is -0.0500. The molecule has 1 nitrogen and oxygen atoms in total. The highest BCUT2D eigenvalue weighted by Crippen LogP contribution is 2.24. The van der Waals surface area contributed by atoms with Crippen molar-refractivity contribution in [1.82, 2.24) is 5.32 Å². The average Bonchev–Trinajstić information content (AvgIpc) is 2.19. The highest BCUT2D eigenvalue weighted by Gasteiger charge is 2.13. The van der Waals surface area contributed by atoms with Crippen LogP contribution in [0.4, 0.5) is 0 Å². The molecule has 2 rings (SSSR count). The first-order valence-electron chi connectivity index (χ1n) is 4.85. The van der Waals surface area contributed by atoms with Gasteiger partial charge in [0.1, 0.15) is 0 Å². The van der Waals surface area contributed by atoms with E-state index < -0.39 is 0 Å². The van der Waals surface area contributed by atoms with Crippen LogP contribution in [-0.4, -0.2) is 6.54 Å². The third-order valence-corrected chi connectivity index (χ3v) is 3.05. The Balaban J connectivity index is 0.000000980. The van der Waals surface area contributed by atoms with Gasteiger partial charge in [0.25, 0.3) is 0 Å². The zero-order valence-electron chi connectivity index (χ0n) is 8.00. The Labute approximate surface area is 99.8 Å². The SMILES string of the molecule is Brc1cccc([C@H]2CCCCN2)c1.Cl. The summed E-state index contributed by atoms with van der Waals surface area (Å²) in [6, 6.07) is 9.17. The molecule has 78 valence electrons. The predicted molar refractivity (Wildman–Crippen MR) is 66.0 cm³/mol. The molecule has 0 aliphatic carbocycles. The molecule has 0 amide bonds. The van der Waals surface area contributed by atoms with E-state index in [1.807, 2.05) is 0 Å². The van der Waals surface area contributed by atoms with Crippen molar-refractivity contribution in [2.75, 3.05) is 6.54 Å². The molecule has 1 aromatic rings. The van der Waals surface area contributed by atoms with Gasteiger partial charge in [0.15, 0.2) is 0 Å². The first-order valence-corrected chi connectivity index (χ1v) is 5.64. The standard InChI is InChI=1S/C11H14BrN.ClH/c12-10-5-3-4-9(8-10)11-6-1-2-7-13-11;/h3-5,8,11,13H,1-2,6-7H2;1H/t11-;/m1./s1. The molecule has 1 fully saturated rings. The summed E-state index contributed by atoms with van der Waals surface area (Å²) in [4.78, 5) is 0. The number of halogens is 2. The Morgan fingerprint density at radius 2 is 2.14 bits per heavy atom. The number of rotatable bonds is 1. The minimum Gasteiger partial charge on any atom is -0.310 e. The third kappa shape index (κ3) is 2.97. The maximum absolute atomic E-state index is 3.54. The molecule has 1 aliphatic rings. The van der Waals surface area contributed by atoms with Gasteiger partial charge in [-0.15, -0.1) is 12.4 Å². The summed E-state index contributed by atoms with van der Waals surface area (Å²) in [6.45, 7) is 1.16. The van der Waals surface area contributed by atoms with E-state index in [1.54, 1.807) is 0 Å². The molecule has 1 atom stereocenters. The van der Waals surface area contributed by atoms with Crippen molar-refractivity contribution in [3.63, 3.8) is 0 Å². The molecule has 0 unspecified atom stereocenters. The van der Waals surface area contributed by atoms with Crippen molar-refractivity contribution < 1.29 is 0 Å².